The van der Waals surface area contributed by atoms with Crippen molar-refractivity contribution in [3.8, 4) is 11.5 Å². The Morgan fingerprint density at radius 3 is 2.77 bits per heavy atom. The van der Waals surface area contributed by atoms with Gasteiger partial charge in [-0.25, -0.2) is 4.68 Å². The van der Waals surface area contributed by atoms with E-state index in [4.69, 9.17) is 9.47 Å². The van der Waals surface area contributed by atoms with Crippen LogP contribution in [0.3, 0.4) is 0 Å². The third-order valence-electron chi connectivity index (χ3n) is 2.93. The van der Waals surface area contributed by atoms with E-state index in [-0.39, 0.29) is 0 Å². The largest absolute Gasteiger partial charge is 0.493 e. The van der Waals surface area contributed by atoms with Gasteiger partial charge < -0.3 is 14.8 Å². The SMILES string of the molecule is COc1cc(Br)cc(CNCCSc2nnnn2C)c1OC. The van der Waals surface area contributed by atoms with Crippen molar-refractivity contribution in [2.45, 2.75) is 11.7 Å². The Balaban J connectivity index is 1.86. The van der Waals surface area contributed by atoms with Crippen molar-refractivity contribution in [3.63, 3.8) is 0 Å². The van der Waals surface area contributed by atoms with Crippen LogP contribution in [0.5, 0.6) is 11.5 Å². The molecule has 2 rings (SSSR count). The van der Waals surface area contributed by atoms with Crippen molar-refractivity contribution in [2.75, 3.05) is 26.5 Å². The molecule has 0 fully saturated rings. The summed E-state index contributed by atoms with van der Waals surface area (Å²) in [5.41, 5.74) is 1.04. The smallest absolute Gasteiger partial charge is 0.209 e. The lowest BCUT2D eigenvalue weighted by Crippen LogP contribution is -2.17. The van der Waals surface area contributed by atoms with Gasteiger partial charge in [0.1, 0.15) is 0 Å². The third kappa shape index (κ3) is 4.34. The first kappa shape index (κ1) is 17.0. The lowest BCUT2D eigenvalue weighted by molar-refractivity contribution is 0.350. The second-order valence-corrected chi connectivity index (χ2v) is 6.39. The number of benzene rings is 1. The number of hydrogen-bond acceptors (Lipinski definition) is 7. The molecule has 2 aromatic rings. The lowest BCUT2D eigenvalue weighted by atomic mass is 10.2. The summed E-state index contributed by atoms with van der Waals surface area (Å²) >= 11 is 5.09. The molecule has 1 aromatic heterocycles. The minimum Gasteiger partial charge on any atom is -0.493 e. The third-order valence-corrected chi connectivity index (χ3v) is 4.40. The molecular formula is C13H18BrN5O2S. The molecule has 1 N–H and O–H groups in total. The van der Waals surface area contributed by atoms with Gasteiger partial charge in [0.2, 0.25) is 5.16 Å². The second kappa shape index (κ2) is 8.35. The molecule has 0 saturated heterocycles. The van der Waals surface area contributed by atoms with Gasteiger partial charge in [0, 0.05) is 35.9 Å². The number of halogens is 1. The molecule has 0 aliphatic rings. The van der Waals surface area contributed by atoms with Gasteiger partial charge in [0.05, 0.1) is 14.2 Å². The number of thioether (sulfide) groups is 1. The van der Waals surface area contributed by atoms with Crippen molar-refractivity contribution >= 4 is 27.7 Å². The van der Waals surface area contributed by atoms with E-state index in [0.717, 1.165) is 33.2 Å². The topological polar surface area (TPSA) is 74.1 Å². The van der Waals surface area contributed by atoms with Crippen molar-refractivity contribution in [2.24, 2.45) is 7.05 Å². The number of aryl methyl sites for hydroxylation is 1. The first-order valence-corrected chi connectivity index (χ1v) is 8.39. The fourth-order valence-electron chi connectivity index (χ4n) is 1.92. The predicted octanol–water partition coefficient (Wildman–Crippen LogP) is 1.87. The van der Waals surface area contributed by atoms with E-state index in [0.29, 0.717) is 12.3 Å². The minimum absolute atomic E-state index is 0.691. The maximum atomic E-state index is 5.43. The average molecular weight is 388 g/mol. The van der Waals surface area contributed by atoms with Crippen LogP contribution in [0, 0.1) is 0 Å². The zero-order valence-electron chi connectivity index (χ0n) is 12.7. The molecule has 7 nitrogen and oxygen atoms in total. The summed E-state index contributed by atoms with van der Waals surface area (Å²) in [5.74, 6) is 2.35. The van der Waals surface area contributed by atoms with Gasteiger partial charge in [-0.1, -0.05) is 27.7 Å². The number of tetrazole rings is 1. The highest BCUT2D eigenvalue weighted by atomic mass is 79.9. The summed E-state index contributed by atoms with van der Waals surface area (Å²) in [6, 6.07) is 3.91. The molecule has 0 aliphatic heterocycles. The Kier molecular flexibility index (Phi) is 6.47. The fourth-order valence-corrected chi connectivity index (χ4v) is 3.15. The normalized spacial score (nSPS) is 10.7. The zero-order valence-corrected chi connectivity index (χ0v) is 15.1. The van der Waals surface area contributed by atoms with Gasteiger partial charge >= 0.3 is 0 Å². The lowest BCUT2D eigenvalue weighted by Gasteiger charge is -2.14. The van der Waals surface area contributed by atoms with Crippen LogP contribution in [0.25, 0.3) is 0 Å². The summed E-state index contributed by atoms with van der Waals surface area (Å²) in [7, 11) is 5.10. The highest BCUT2D eigenvalue weighted by molar-refractivity contribution is 9.10. The molecule has 22 heavy (non-hydrogen) atoms. The van der Waals surface area contributed by atoms with Gasteiger partial charge in [0.25, 0.3) is 0 Å². The van der Waals surface area contributed by atoms with Crippen molar-refractivity contribution in [1.82, 2.24) is 25.5 Å². The van der Waals surface area contributed by atoms with Crippen LogP contribution < -0.4 is 14.8 Å². The predicted molar refractivity (Wildman–Crippen MR) is 88.5 cm³/mol. The summed E-state index contributed by atoms with van der Waals surface area (Å²) < 4.78 is 13.4. The van der Waals surface area contributed by atoms with Crippen LogP contribution in [0.1, 0.15) is 5.56 Å². The Bertz CT molecular complexity index is 622. The summed E-state index contributed by atoms with van der Waals surface area (Å²) in [6.07, 6.45) is 0. The first-order valence-electron chi connectivity index (χ1n) is 6.62. The Hall–Kier alpha value is -1.32. The van der Waals surface area contributed by atoms with Crippen LogP contribution in [0.4, 0.5) is 0 Å². The number of nitrogens with one attached hydrogen (secondary N) is 1. The highest BCUT2D eigenvalue weighted by Crippen LogP contribution is 2.34. The maximum Gasteiger partial charge on any atom is 0.209 e. The molecule has 0 spiro atoms. The van der Waals surface area contributed by atoms with Gasteiger partial charge in [-0.15, -0.1) is 5.10 Å². The van der Waals surface area contributed by atoms with Crippen LogP contribution in [0.15, 0.2) is 21.8 Å². The molecule has 0 bridgehead atoms. The molecule has 0 radical (unpaired) electrons. The molecule has 0 atom stereocenters. The number of hydrogen-bond donors (Lipinski definition) is 1. The highest BCUT2D eigenvalue weighted by Gasteiger charge is 2.11. The molecule has 9 heteroatoms. The molecule has 0 aliphatic carbocycles. The van der Waals surface area contributed by atoms with Gasteiger partial charge in [-0.3, -0.25) is 0 Å². The van der Waals surface area contributed by atoms with Crippen LogP contribution >= 0.6 is 27.7 Å². The van der Waals surface area contributed by atoms with E-state index in [1.807, 2.05) is 19.2 Å². The molecule has 1 heterocycles. The quantitative estimate of drug-likeness (QED) is 0.547. The minimum atomic E-state index is 0.691. The van der Waals surface area contributed by atoms with E-state index in [1.54, 1.807) is 30.7 Å². The van der Waals surface area contributed by atoms with Crippen LogP contribution in [0.2, 0.25) is 0 Å². The zero-order chi connectivity index (χ0) is 15.9. The molecule has 0 amide bonds. The molecule has 0 saturated carbocycles. The summed E-state index contributed by atoms with van der Waals surface area (Å²) in [6.45, 7) is 1.52. The second-order valence-electron chi connectivity index (χ2n) is 4.41. The maximum absolute atomic E-state index is 5.43. The van der Waals surface area contributed by atoms with E-state index >= 15 is 0 Å². The number of methoxy groups -OCH3 is 2. The van der Waals surface area contributed by atoms with Gasteiger partial charge in [-0.05, 0) is 22.6 Å². The van der Waals surface area contributed by atoms with Crippen molar-refractivity contribution < 1.29 is 9.47 Å². The number of ether oxygens (including phenoxy) is 2. The summed E-state index contributed by atoms with van der Waals surface area (Å²) in [4.78, 5) is 0. The standard InChI is InChI=1S/C13H18BrN5O2S/c1-19-13(16-17-18-19)22-5-4-15-8-9-6-10(14)7-11(20-2)12(9)21-3/h6-7,15H,4-5,8H2,1-3H3. The molecule has 120 valence electrons. The van der Waals surface area contributed by atoms with Gasteiger partial charge in [0.15, 0.2) is 11.5 Å². The van der Waals surface area contributed by atoms with Crippen LogP contribution in [-0.4, -0.2) is 46.7 Å². The Labute approximate surface area is 141 Å². The number of aromatic nitrogens is 4. The number of nitrogens with zero attached hydrogens (tertiary/aromatic N) is 4. The fraction of sp³-hybridized carbons (Fsp3) is 0.462. The summed E-state index contributed by atoms with van der Waals surface area (Å²) in [5, 5.41) is 15.5. The van der Waals surface area contributed by atoms with Gasteiger partial charge in [-0.2, -0.15) is 0 Å². The van der Waals surface area contributed by atoms with E-state index < -0.39 is 0 Å². The van der Waals surface area contributed by atoms with Crippen molar-refractivity contribution in [3.05, 3.63) is 22.2 Å². The Morgan fingerprint density at radius 2 is 2.14 bits per heavy atom. The van der Waals surface area contributed by atoms with E-state index in [2.05, 4.69) is 36.8 Å². The van der Waals surface area contributed by atoms with Crippen molar-refractivity contribution in [1.29, 1.82) is 0 Å². The molecular weight excluding hydrogens is 370 g/mol. The Morgan fingerprint density at radius 1 is 1.32 bits per heavy atom. The monoisotopic (exact) mass is 387 g/mol. The number of rotatable bonds is 8. The molecule has 0 unspecified atom stereocenters. The van der Waals surface area contributed by atoms with E-state index in [1.165, 1.54) is 0 Å². The van der Waals surface area contributed by atoms with Crippen LogP contribution in [-0.2, 0) is 13.6 Å². The first-order chi connectivity index (χ1) is 10.7. The van der Waals surface area contributed by atoms with E-state index in [9.17, 15) is 0 Å². The molecule has 1 aromatic carbocycles. The average Bonchev–Trinajstić information content (AvgIpc) is 2.91.